The summed E-state index contributed by atoms with van der Waals surface area (Å²) >= 11 is 11.7. The fraction of sp³-hybridized carbons (Fsp3) is 0.500. The van der Waals surface area contributed by atoms with Gasteiger partial charge in [-0.2, -0.15) is 0 Å². The predicted octanol–water partition coefficient (Wildman–Crippen LogP) is 3.82. The summed E-state index contributed by atoms with van der Waals surface area (Å²) < 4.78 is 0. The molecule has 0 spiro atoms. The van der Waals surface area contributed by atoms with Crippen LogP contribution >= 0.6 is 23.2 Å². The number of rotatable bonds is 5. The van der Waals surface area contributed by atoms with Crippen molar-refractivity contribution in [3.8, 4) is 0 Å². The lowest BCUT2D eigenvalue weighted by atomic mass is 9.80. The number of aliphatic carboxylic acids is 1. The number of carboxylic acid groups (broad SMARTS) is 1. The molecule has 1 aromatic rings. The highest BCUT2D eigenvalue weighted by Crippen LogP contribution is 2.31. The molecule has 1 atom stereocenters. The Hall–Kier alpha value is -0.800. The molecule has 0 aliphatic rings. The molecule has 0 aliphatic heterocycles. The van der Waals surface area contributed by atoms with Gasteiger partial charge in [-0.25, -0.2) is 4.98 Å². The highest BCUT2D eigenvalue weighted by molar-refractivity contribution is 6.34. The number of halogens is 2. The molecule has 1 N–H and O–H groups in total. The first-order chi connectivity index (χ1) is 7.89. The first-order valence-corrected chi connectivity index (χ1v) is 6.18. The minimum Gasteiger partial charge on any atom is -0.481 e. The van der Waals surface area contributed by atoms with Gasteiger partial charge in [-0.15, -0.1) is 0 Å². The van der Waals surface area contributed by atoms with E-state index in [0.717, 1.165) is 12.0 Å². The van der Waals surface area contributed by atoms with Gasteiger partial charge in [-0.3, -0.25) is 4.79 Å². The number of pyridine rings is 1. The lowest BCUT2D eigenvalue weighted by Gasteiger charge is -2.24. The summed E-state index contributed by atoms with van der Waals surface area (Å²) in [7, 11) is 0. The Balaban J connectivity index is 2.98. The van der Waals surface area contributed by atoms with Crippen LogP contribution in [0.5, 0.6) is 0 Å². The van der Waals surface area contributed by atoms with Gasteiger partial charge in [-0.05, 0) is 31.4 Å². The molecule has 1 unspecified atom stereocenters. The molecule has 1 aromatic heterocycles. The number of carbonyl (C=O) groups is 1. The zero-order chi connectivity index (χ0) is 13.1. The number of hydrogen-bond donors (Lipinski definition) is 1. The fourth-order valence-electron chi connectivity index (χ4n) is 1.81. The van der Waals surface area contributed by atoms with Gasteiger partial charge in [0.25, 0.3) is 0 Å². The summed E-state index contributed by atoms with van der Waals surface area (Å²) in [6.07, 6.45) is 3.31. The molecule has 0 amide bonds. The van der Waals surface area contributed by atoms with E-state index in [-0.39, 0.29) is 0 Å². The van der Waals surface area contributed by atoms with Crippen LogP contribution in [0.2, 0.25) is 10.2 Å². The van der Waals surface area contributed by atoms with E-state index in [1.165, 1.54) is 6.07 Å². The predicted molar refractivity (Wildman–Crippen MR) is 68.6 cm³/mol. The summed E-state index contributed by atoms with van der Waals surface area (Å²) in [6.45, 7) is 3.69. The van der Waals surface area contributed by atoms with E-state index in [0.29, 0.717) is 23.0 Å². The largest absolute Gasteiger partial charge is 0.481 e. The maximum absolute atomic E-state index is 11.3. The highest BCUT2D eigenvalue weighted by atomic mass is 35.5. The van der Waals surface area contributed by atoms with Gasteiger partial charge in [0, 0.05) is 11.2 Å². The van der Waals surface area contributed by atoms with E-state index in [1.54, 1.807) is 13.1 Å². The lowest BCUT2D eigenvalue weighted by Crippen LogP contribution is -2.30. The summed E-state index contributed by atoms with van der Waals surface area (Å²) in [6, 6.07) is 1.53. The monoisotopic (exact) mass is 275 g/mol. The van der Waals surface area contributed by atoms with Gasteiger partial charge in [0.1, 0.15) is 5.15 Å². The normalized spacial score (nSPS) is 14.4. The average Bonchev–Trinajstić information content (AvgIpc) is 2.22. The Morgan fingerprint density at radius 3 is 2.65 bits per heavy atom. The molecule has 0 fully saturated rings. The number of carboxylic acids is 1. The Morgan fingerprint density at radius 2 is 2.18 bits per heavy atom. The molecule has 1 heterocycles. The van der Waals surface area contributed by atoms with Crippen molar-refractivity contribution in [3.63, 3.8) is 0 Å². The van der Waals surface area contributed by atoms with E-state index in [1.807, 2.05) is 6.92 Å². The molecular formula is C12H15Cl2NO2. The minimum atomic E-state index is -0.814. The summed E-state index contributed by atoms with van der Waals surface area (Å²) in [5, 5.41) is 10.1. The third-order valence-electron chi connectivity index (χ3n) is 2.80. The van der Waals surface area contributed by atoms with Crippen molar-refractivity contribution < 1.29 is 9.90 Å². The molecule has 0 saturated carbocycles. The molecule has 17 heavy (non-hydrogen) atoms. The summed E-state index contributed by atoms with van der Waals surface area (Å²) in [5.74, 6) is -0.814. The second-order valence-electron chi connectivity index (χ2n) is 4.39. The molecule has 0 aromatic carbocycles. The smallest absolute Gasteiger partial charge is 0.309 e. The quantitative estimate of drug-likeness (QED) is 0.831. The van der Waals surface area contributed by atoms with Crippen LogP contribution in [-0.4, -0.2) is 16.1 Å². The first-order valence-electron chi connectivity index (χ1n) is 5.42. The van der Waals surface area contributed by atoms with E-state index >= 15 is 0 Å². The van der Waals surface area contributed by atoms with Crippen LogP contribution < -0.4 is 0 Å². The Morgan fingerprint density at radius 1 is 1.53 bits per heavy atom. The van der Waals surface area contributed by atoms with Crippen LogP contribution in [0, 0.1) is 5.41 Å². The second kappa shape index (κ2) is 5.69. The summed E-state index contributed by atoms with van der Waals surface area (Å²) in [4.78, 5) is 15.2. The molecule has 1 rings (SSSR count). The van der Waals surface area contributed by atoms with Crippen molar-refractivity contribution >= 4 is 29.2 Å². The fourth-order valence-corrected chi connectivity index (χ4v) is 2.24. The molecule has 0 radical (unpaired) electrons. The number of nitrogens with zero attached hydrogens (tertiary/aromatic N) is 1. The van der Waals surface area contributed by atoms with Crippen molar-refractivity contribution in [1.82, 2.24) is 4.98 Å². The van der Waals surface area contributed by atoms with Gasteiger partial charge in [0.2, 0.25) is 0 Å². The zero-order valence-electron chi connectivity index (χ0n) is 9.83. The van der Waals surface area contributed by atoms with Crippen molar-refractivity contribution in [1.29, 1.82) is 0 Å². The van der Waals surface area contributed by atoms with Crippen LogP contribution in [0.25, 0.3) is 0 Å². The maximum Gasteiger partial charge on any atom is 0.309 e. The van der Waals surface area contributed by atoms with Crippen molar-refractivity contribution in [2.24, 2.45) is 5.41 Å². The van der Waals surface area contributed by atoms with Gasteiger partial charge in [-0.1, -0.05) is 36.5 Å². The van der Waals surface area contributed by atoms with E-state index in [4.69, 9.17) is 23.2 Å². The van der Waals surface area contributed by atoms with Gasteiger partial charge >= 0.3 is 5.97 Å². The van der Waals surface area contributed by atoms with Gasteiger partial charge in [0.15, 0.2) is 0 Å². The standard InChI is InChI=1S/C12H15Cl2NO2/c1-3-4-12(2,11(16)17)6-8-7-15-10(14)5-9(8)13/h5,7H,3-4,6H2,1-2H3,(H,16,17). The van der Waals surface area contributed by atoms with E-state index in [9.17, 15) is 9.90 Å². The van der Waals surface area contributed by atoms with Crippen LogP contribution in [-0.2, 0) is 11.2 Å². The lowest BCUT2D eigenvalue weighted by molar-refractivity contribution is -0.148. The molecule has 0 aliphatic carbocycles. The average molecular weight is 276 g/mol. The number of aromatic nitrogens is 1. The van der Waals surface area contributed by atoms with Gasteiger partial charge in [0.05, 0.1) is 5.41 Å². The van der Waals surface area contributed by atoms with Crippen LogP contribution in [0.1, 0.15) is 32.3 Å². The van der Waals surface area contributed by atoms with Crippen LogP contribution in [0.15, 0.2) is 12.3 Å². The third-order valence-corrected chi connectivity index (χ3v) is 3.35. The highest BCUT2D eigenvalue weighted by Gasteiger charge is 2.33. The molecular weight excluding hydrogens is 261 g/mol. The Labute approximate surface area is 111 Å². The van der Waals surface area contributed by atoms with E-state index < -0.39 is 11.4 Å². The second-order valence-corrected chi connectivity index (χ2v) is 5.19. The van der Waals surface area contributed by atoms with Crippen molar-refractivity contribution in [2.75, 3.05) is 0 Å². The molecule has 5 heteroatoms. The Bertz CT molecular complexity index is 423. The van der Waals surface area contributed by atoms with Crippen LogP contribution in [0.4, 0.5) is 0 Å². The first kappa shape index (κ1) is 14.3. The zero-order valence-corrected chi connectivity index (χ0v) is 11.3. The topological polar surface area (TPSA) is 50.2 Å². The van der Waals surface area contributed by atoms with Gasteiger partial charge < -0.3 is 5.11 Å². The molecule has 0 bridgehead atoms. The number of hydrogen-bond acceptors (Lipinski definition) is 2. The Kier molecular flexibility index (Phi) is 4.78. The SMILES string of the molecule is CCCC(C)(Cc1cnc(Cl)cc1Cl)C(=O)O. The third kappa shape index (κ3) is 3.58. The molecule has 3 nitrogen and oxygen atoms in total. The molecule has 0 saturated heterocycles. The minimum absolute atomic E-state index is 0.311. The van der Waals surface area contributed by atoms with Crippen LogP contribution in [0.3, 0.4) is 0 Å². The van der Waals surface area contributed by atoms with Crippen molar-refractivity contribution in [2.45, 2.75) is 33.1 Å². The van der Waals surface area contributed by atoms with E-state index in [2.05, 4.69) is 4.98 Å². The maximum atomic E-state index is 11.3. The summed E-state index contributed by atoms with van der Waals surface area (Å²) in [5.41, 5.74) is -0.0946. The molecule has 94 valence electrons. The van der Waals surface area contributed by atoms with Crippen molar-refractivity contribution in [3.05, 3.63) is 28.0 Å².